The van der Waals surface area contributed by atoms with Gasteiger partial charge in [0.15, 0.2) is 5.78 Å². The smallest absolute Gasteiger partial charge is 0.159 e. The molecule has 0 aromatic heterocycles. The van der Waals surface area contributed by atoms with Gasteiger partial charge in [0.2, 0.25) is 0 Å². The second-order valence-corrected chi connectivity index (χ2v) is 5.81. The SMILES string of the molecule is COC1=C/C=C/C(=O)CC(C2CCCC(C)C2)O\C=C\1. The molecule has 1 saturated carbocycles. The number of methoxy groups -OCH3 is 1. The molecule has 0 bridgehead atoms. The van der Waals surface area contributed by atoms with Crippen molar-refractivity contribution in [2.75, 3.05) is 7.11 Å². The number of ether oxygens (including phenoxy) is 2. The lowest BCUT2D eigenvalue weighted by Gasteiger charge is -2.32. The van der Waals surface area contributed by atoms with Crippen LogP contribution >= 0.6 is 0 Å². The van der Waals surface area contributed by atoms with Crippen molar-refractivity contribution in [1.82, 2.24) is 0 Å². The molecule has 20 heavy (non-hydrogen) atoms. The zero-order chi connectivity index (χ0) is 14.4. The lowest BCUT2D eigenvalue weighted by molar-refractivity contribution is -0.117. The fraction of sp³-hybridized carbons (Fsp3) is 0.588. The molecule has 3 atom stereocenters. The number of hydrogen-bond acceptors (Lipinski definition) is 3. The van der Waals surface area contributed by atoms with Gasteiger partial charge in [-0.3, -0.25) is 4.79 Å². The fourth-order valence-electron chi connectivity index (χ4n) is 3.06. The van der Waals surface area contributed by atoms with Gasteiger partial charge in [0, 0.05) is 12.5 Å². The molecule has 0 aromatic rings. The number of ketones is 1. The third-order valence-corrected chi connectivity index (χ3v) is 4.17. The maximum atomic E-state index is 12.0. The lowest BCUT2D eigenvalue weighted by Crippen LogP contribution is -2.29. The van der Waals surface area contributed by atoms with Crippen LogP contribution in [0.3, 0.4) is 0 Å². The highest BCUT2D eigenvalue weighted by atomic mass is 16.5. The van der Waals surface area contributed by atoms with Crippen LogP contribution in [0.2, 0.25) is 0 Å². The molecule has 3 heteroatoms. The summed E-state index contributed by atoms with van der Waals surface area (Å²) in [5, 5.41) is 0. The Balaban J connectivity index is 2.09. The average Bonchev–Trinajstić information content (AvgIpc) is 2.44. The van der Waals surface area contributed by atoms with E-state index in [1.807, 2.05) is 0 Å². The molecule has 3 unspecified atom stereocenters. The first-order valence-corrected chi connectivity index (χ1v) is 7.46. The first-order valence-electron chi connectivity index (χ1n) is 7.46. The largest absolute Gasteiger partial charge is 0.497 e. The minimum absolute atomic E-state index is 0.0117. The van der Waals surface area contributed by atoms with E-state index >= 15 is 0 Å². The van der Waals surface area contributed by atoms with Gasteiger partial charge in [-0.15, -0.1) is 0 Å². The van der Waals surface area contributed by atoms with Crippen LogP contribution in [-0.4, -0.2) is 19.0 Å². The molecule has 1 heterocycles. The summed E-state index contributed by atoms with van der Waals surface area (Å²) in [6.45, 7) is 2.29. The number of rotatable bonds is 2. The Morgan fingerprint density at radius 1 is 1.30 bits per heavy atom. The summed E-state index contributed by atoms with van der Waals surface area (Å²) in [6, 6.07) is 0. The molecule has 0 spiro atoms. The van der Waals surface area contributed by atoms with Gasteiger partial charge in [-0.05, 0) is 36.8 Å². The van der Waals surface area contributed by atoms with E-state index in [1.54, 1.807) is 37.7 Å². The zero-order valence-electron chi connectivity index (χ0n) is 12.4. The van der Waals surface area contributed by atoms with E-state index in [9.17, 15) is 4.79 Å². The van der Waals surface area contributed by atoms with Crippen LogP contribution in [0.15, 0.2) is 36.3 Å². The maximum Gasteiger partial charge on any atom is 0.159 e. The van der Waals surface area contributed by atoms with E-state index in [2.05, 4.69) is 6.92 Å². The Kier molecular flexibility index (Phi) is 5.45. The van der Waals surface area contributed by atoms with Crippen molar-refractivity contribution in [2.24, 2.45) is 11.8 Å². The summed E-state index contributed by atoms with van der Waals surface area (Å²) in [5.74, 6) is 2.02. The highest BCUT2D eigenvalue weighted by Gasteiger charge is 2.28. The van der Waals surface area contributed by atoms with E-state index in [0.717, 1.165) is 18.8 Å². The normalized spacial score (nSPS) is 37.2. The van der Waals surface area contributed by atoms with Crippen molar-refractivity contribution in [3.05, 3.63) is 36.3 Å². The van der Waals surface area contributed by atoms with Crippen molar-refractivity contribution in [3.63, 3.8) is 0 Å². The van der Waals surface area contributed by atoms with Gasteiger partial charge < -0.3 is 9.47 Å². The van der Waals surface area contributed by atoms with Crippen LogP contribution in [0, 0.1) is 11.8 Å². The van der Waals surface area contributed by atoms with Crippen LogP contribution in [0.25, 0.3) is 0 Å². The van der Waals surface area contributed by atoms with Gasteiger partial charge in [0.25, 0.3) is 0 Å². The van der Waals surface area contributed by atoms with Crippen molar-refractivity contribution < 1.29 is 14.3 Å². The fourth-order valence-corrected chi connectivity index (χ4v) is 3.06. The van der Waals surface area contributed by atoms with Gasteiger partial charge in [-0.2, -0.15) is 0 Å². The minimum Gasteiger partial charge on any atom is -0.497 e. The standard InChI is InChI=1S/C17H24O3/c1-13-5-3-6-14(11-13)17-12-15(18)7-4-8-16(19-2)9-10-20-17/h4,7-10,13-14,17H,3,5-6,11-12H2,1-2H3/b7-4+,10-9+,16-8+. The third-order valence-electron chi connectivity index (χ3n) is 4.17. The third kappa shape index (κ3) is 4.26. The summed E-state index contributed by atoms with van der Waals surface area (Å²) in [4.78, 5) is 12.0. The molecule has 1 aliphatic heterocycles. The minimum atomic E-state index is -0.0117. The predicted octanol–water partition coefficient (Wildman–Crippen LogP) is 3.77. The van der Waals surface area contributed by atoms with Crippen molar-refractivity contribution in [1.29, 1.82) is 0 Å². The van der Waals surface area contributed by atoms with E-state index < -0.39 is 0 Å². The average molecular weight is 276 g/mol. The lowest BCUT2D eigenvalue weighted by atomic mass is 9.78. The molecular formula is C17H24O3. The summed E-state index contributed by atoms with van der Waals surface area (Å²) in [6.07, 6.45) is 13.9. The topological polar surface area (TPSA) is 35.5 Å². The number of carbonyl (C=O) groups is 1. The van der Waals surface area contributed by atoms with Crippen LogP contribution in [-0.2, 0) is 14.3 Å². The van der Waals surface area contributed by atoms with Crippen LogP contribution in [0.5, 0.6) is 0 Å². The summed E-state index contributed by atoms with van der Waals surface area (Å²) < 4.78 is 11.0. The molecule has 1 fully saturated rings. The summed E-state index contributed by atoms with van der Waals surface area (Å²) in [5.41, 5.74) is 0. The molecule has 2 rings (SSSR count). The van der Waals surface area contributed by atoms with Crippen molar-refractivity contribution in [3.8, 4) is 0 Å². The first kappa shape index (κ1) is 14.9. The predicted molar refractivity (Wildman–Crippen MR) is 79.0 cm³/mol. The van der Waals surface area contributed by atoms with Crippen LogP contribution in [0.4, 0.5) is 0 Å². The molecule has 0 aromatic carbocycles. The van der Waals surface area contributed by atoms with E-state index in [4.69, 9.17) is 9.47 Å². The zero-order valence-corrected chi connectivity index (χ0v) is 12.4. The van der Waals surface area contributed by atoms with Gasteiger partial charge in [-0.1, -0.05) is 25.8 Å². The molecule has 2 aliphatic rings. The van der Waals surface area contributed by atoms with Gasteiger partial charge >= 0.3 is 0 Å². The Morgan fingerprint density at radius 2 is 2.15 bits per heavy atom. The first-order chi connectivity index (χ1) is 9.69. The number of allylic oxidation sites excluding steroid dienone is 4. The quantitative estimate of drug-likeness (QED) is 0.770. The highest BCUT2D eigenvalue weighted by molar-refractivity contribution is 5.90. The molecule has 0 radical (unpaired) electrons. The van der Waals surface area contributed by atoms with E-state index in [1.165, 1.54) is 12.8 Å². The molecule has 3 nitrogen and oxygen atoms in total. The molecule has 110 valence electrons. The van der Waals surface area contributed by atoms with Gasteiger partial charge in [0.1, 0.15) is 11.9 Å². The Hall–Kier alpha value is -1.51. The molecule has 0 amide bonds. The van der Waals surface area contributed by atoms with E-state index in [0.29, 0.717) is 18.1 Å². The summed E-state index contributed by atoms with van der Waals surface area (Å²) >= 11 is 0. The maximum absolute atomic E-state index is 12.0. The second-order valence-electron chi connectivity index (χ2n) is 5.81. The Bertz CT molecular complexity index is 420. The monoisotopic (exact) mass is 276 g/mol. The Morgan fingerprint density at radius 3 is 2.90 bits per heavy atom. The van der Waals surface area contributed by atoms with Crippen LogP contribution in [0.1, 0.15) is 39.0 Å². The number of carbonyl (C=O) groups excluding carboxylic acids is 1. The second kappa shape index (κ2) is 7.32. The highest BCUT2D eigenvalue weighted by Crippen LogP contribution is 2.33. The summed E-state index contributed by atoms with van der Waals surface area (Å²) in [7, 11) is 1.61. The molecule has 1 aliphatic carbocycles. The van der Waals surface area contributed by atoms with Crippen LogP contribution < -0.4 is 0 Å². The molecule has 0 saturated heterocycles. The van der Waals surface area contributed by atoms with Crippen molar-refractivity contribution in [2.45, 2.75) is 45.1 Å². The Labute approximate surface area is 121 Å². The molecular weight excluding hydrogens is 252 g/mol. The van der Waals surface area contributed by atoms with Crippen molar-refractivity contribution >= 4 is 5.78 Å². The van der Waals surface area contributed by atoms with Gasteiger partial charge in [0.05, 0.1) is 13.4 Å². The van der Waals surface area contributed by atoms with E-state index in [-0.39, 0.29) is 11.9 Å². The molecule has 0 N–H and O–H groups in total. The van der Waals surface area contributed by atoms with Gasteiger partial charge in [-0.25, -0.2) is 0 Å². The number of hydrogen-bond donors (Lipinski definition) is 0.